The molecule has 2 rings (SSSR count). The molecule has 2 amide bonds. The van der Waals surface area contributed by atoms with Gasteiger partial charge in [0.1, 0.15) is 0 Å². The molecule has 0 unspecified atom stereocenters. The van der Waals surface area contributed by atoms with Crippen LogP contribution in [0.1, 0.15) is 17.3 Å². The molecule has 0 spiro atoms. The molecule has 0 aromatic heterocycles. The Kier molecular flexibility index (Phi) is 6.50. The van der Waals surface area contributed by atoms with Crippen molar-refractivity contribution in [3.8, 4) is 0 Å². The molecular weight excluding hydrogens is 373 g/mol. The van der Waals surface area contributed by atoms with E-state index in [2.05, 4.69) is 14.3 Å². The van der Waals surface area contributed by atoms with Gasteiger partial charge in [-0.05, 0) is 0 Å². The van der Waals surface area contributed by atoms with Crippen LogP contribution in [0.3, 0.4) is 0 Å². The van der Waals surface area contributed by atoms with Gasteiger partial charge in [0, 0.05) is 6.92 Å². The Morgan fingerprint density at radius 2 is 1.71 bits per heavy atom. The van der Waals surface area contributed by atoms with Gasteiger partial charge in [0.25, 0.3) is 0 Å². The Bertz CT molecular complexity index is 703. The van der Waals surface area contributed by atoms with Crippen LogP contribution in [0.4, 0.5) is 11.4 Å². The van der Waals surface area contributed by atoms with Gasteiger partial charge in [-0.3, -0.25) is 4.79 Å². The third-order valence-electron chi connectivity index (χ3n) is 3.21. The standard InChI is InChI=1S/C16H16GeN2O5/c1-11(20)18-14-7-3-12(4-8-14)16(21)19(2)15-9-5-13(6-10-15)17-23-24-22/h3-10,22H,1-2H3,(H,18,20). The average Bonchev–Trinajstić information content (AvgIpc) is 2.59. The van der Waals surface area contributed by atoms with Crippen molar-refractivity contribution < 1.29 is 23.8 Å². The SMILES string of the molecule is CC(=O)Nc1ccc(C(=O)N(C)c2cc[c]([Ge][O]OO)cc2)cc1. The molecule has 0 aliphatic heterocycles. The number of amides is 2. The Morgan fingerprint density at radius 3 is 2.25 bits per heavy atom. The van der Waals surface area contributed by atoms with E-state index in [1.165, 1.54) is 11.8 Å². The summed E-state index contributed by atoms with van der Waals surface area (Å²) in [6.07, 6.45) is 0. The summed E-state index contributed by atoms with van der Waals surface area (Å²) in [4.78, 5) is 25.0. The molecule has 0 atom stereocenters. The fraction of sp³-hybridized carbons (Fsp3) is 0.125. The van der Waals surface area contributed by atoms with Crippen LogP contribution in [-0.2, 0) is 13.7 Å². The van der Waals surface area contributed by atoms with Gasteiger partial charge in [0.05, 0.1) is 0 Å². The number of rotatable bonds is 6. The van der Waals surface area contributed by atoms with E-state index in [9.17, 15) is 9.59 Å². The monoisotopic (exact) mass is 390 g/mol. The molecule has 8 heteroatoms. The van der Waals surface area contributed by atoms with Crippen molar-refractivity contribution in [2.75, 3.05) is 17.3 Å². The summed E-state index contributed by atoms with van der Waals surface area (Å²) in [6.45, 7) is 1.43. The molecule has 0 aliphatic carbocycles. The zero-order valence-corrected chi connectivity index (χ0v) is 15.2. The van der Waals surface area contributed by atoms with Crippen LogP contribution in [0.25, 0.3) is 0 Å². The molecule has 0 fully saturated rings. The van der Waals surface area contributed by atoms with Gasteiger partial charge in [-0.25, -0.2) is 0 Å². The second-order valence-corrected chi connectivity index (χ2v) is 6.92. The summed E-state index contributed by atoms with van der Waals surface area (Å²) in [5.41, 5.74) is 1.88. The van der Waals surface area contributed by atoms with Crippen molar-refractivity contribution in [2.24, 2.45) is 0 Å². The van der Waals surface area contributed by atoms with Crippen molar-refractivity contribution in [3.05, 3.63) is 54.1 Å². The van der Waals surface area contributed by atoms with Crippen LogP contribution in [0.5, 0.6) is 0 Å². The predicted octanol–water partition coefficient (Wildman–Crippen LogP) is 1.59. The van der Waals surface area contributed by atoms with E-state index >= 15 is 0 Å². The molecule has 0 aliphatic rings. The molecule has 124 valence electrons. The molecule has 0 saturated carbocycles. The van der Waals surface area contributed by atoms with Crippen molar-refractivity contribution in [2.45, 2.75) is 6.92 Å². The van der Waals surface area contributed by atoms with Crippen LogP contribution in [0.2, 0.25) is 0 Å². The first-order valence-corrected chi connectivity index (χ1v) is 8.90. The van der Waals surface area contributed by atoms with Crippen molar-refractivity contribution in [1.29, 1.82) is 0 Å². The van der Waals surface area contributed by atoms with Gasteiger partial charge in [-0.2, -0.15) is 0 Å². The van der Waals surface area contributed by atoms with Gasteiger partial charge in [-0.1, -0.05) is 0 Å². The fourth-order valence-electron chi connectivity index (χ4n) is 2.03. The third-order valence-corrected chi connectivity index (χ3v) is 4.73. The van der Waals surface area contributed by atoms with Gasteiger partial charge in [0.2, 0.25) is 0 Å². The Hall–Kier alpha value is -2.20. The first-order valence-electron chi connectivity index (χ1n) is 7.00. The van der Waals surface area contributed by atoms with Gasteiger partial charge in [0.15, 0.2) is 0 Å². The molecule has 2 aromatic carbocycles. The zero-order chi connectivity index (χ0) is 17.5. The molecular formula is C16H16GeN2O5. The molecule has 2 aromatic rings. The van der Waals surface area contributed by atoms with Crippen LogP contribution in [0, 0.1) is 0 Å². The Morgan fingerprint density at radius 1 is 1.08 bits per heavy atom. The zero-order valence-electron chi connectivity index (χ0n) is 13.1. The summed E-state index contributed by atoms with van der Waals surface area (Å²) in [5.74, 6) is -0.326. The number of anilines is 2. The maximum absolute atomic E-state index is 12.5. The summed E-state index contributed by atoms with van der Waals surface area (Å²) in [7, 11) is 1.68. The van der Waals surface area contributed by atoms with Crippen LogP contribution < -0.4 is 14.6 Å². The van der Waals surface area contributed by atoms with Gasteiger partial charge >= 0.3 is 134 Å². The second kappa shape index (κ2) is 8.60. The summed E-state index contributed by atoms with van der Waals surface area (Å²) >= 11 is -1.02. The summed E-state index contributed by atoms with van der Waals surface area (Å²) in [6, 6.07) is 13.9. The van der Waals surface area contributed by atoms with E-state index in [-0.39, 0.29) is 11.8 Å². The van der Waals surface area contributed by atoms with Crippen molar-refractivity contribution >= 4 is 43.4 Å². The van der Waals surface area contributed by atoms with E-state index in [0.717, 1.165) is 10.1 Å². The maximum atomic E-state index is 12.5. The Balaban J connectivity index is 2.06. The molecule has 7 nitrogen and oxygen atoms in total. The number of benzene rings is 2. The predicted molar refractivity (Wildman–Crippen MR) is 90.1 cm³/mol. The average molecular weight is 389 g/mol. The van der Waals surface area contributed by atoms with E-state index in [1.807, 2.05) is 12.1 Å². The molecule has 0 bridgehead atoms. The normalized spacial score (nSPS) is 10.3. The number of hydrogen-bond donors (Lipinski definition) is 2. The number of nitrogens with zero attached hydrogens (tertiary/aromatic N) is 1. The molecule has 24 heavy (non-hydrogen) atoms. The van der Waals surface area contributed by atoms with Gasteiger partial charge in [-0.15, -0.1) is 0 Å². The van der Waals surface area contributed by atoms with E-state index in [4.69, 9.17) is 5.26 Å². The van der Waals surface area contributed by atoms with Gasteiger partial charge < -0.3 is 0 Å². The molecule has 2 radical (unpaired) electrons. The van der Waals surface area contributed by atoms with E-state index < -0.39 is 15.8 Å². The minimum absolute atomic E-state index is 0.162. The fourth-order valence-corrected chi connectivity index (χ4v) is 2.95. The summed E-state index contributed by atoms with van der Waals surface area (Å²) < 4.78 is 5.46. The number of carbonyl (C=O) groups is 2. The van der Waals surface area contributed by atoms with E-state index in [0.29, 0.717) is 11.3 Å². The minimum atomic E-state index is -1.02. The molecule has 2 N–H and O–H groups in total. The van der Waals surface area contributed by atoms with E-state index in [1.54, 1.807) is 43.4 Å². The second-order valence-electron chi connectivity index (χ2n) is 4.93. The number of nitrogens with one attached hydrogen (secondary N) is 1. The third kappa shape index (κ3) is 4.90. The van der Waals surface area contributed by atoms with Crippen LogP contribution >= 0.6 is 0 Å². The first-order chi connectivity index (χ1) is 11.5. The summed E-state index contributed by atoms with van der Waals surface area (Å²) in [5, 5.41) is 14.4. The van der Waals surface area contributed by atoms with Crippen LogP contribution in [0.15, 0.2) is 48.5 Å². The quantitative estimate of drug-likeness (QED) is 0.445. The molecule has 0 saturated heterocycles. The molecule has 0 heterocycles. The topological polar surface area (TPSA) is 88.1 Å². The number of hydrogen-bond acceptors (Lipinski definition) is 5. The van der Waals surface area contributed by atoms with Crippen molar-refractivity contribution in [1.82, 2.24) is 0 Å². The van der Waals surface area contributed by atoms with Crippen molar-refractivity contribution in [3.63, 3.8) is 0 Å². The number of carbonyl (C=O) groups excluding carboxylic acids is 2. The Labute approximate surface area is 145 Å². The first kappa shape index (κ1) is 18.1. The van der Waals surface area contributed by atoms with Crippen LogP contribution in [-0.4, -0.2) is 39.9 Å².